The number of nitrogens with zero attached hydrogens (tertiary/aromatic N) is 1. The van der Waals surface area contributed by atoms with Gasteiger partial charge in [0.15, 0.2) is 6.61 Å². The molecular weight excluding hydrogens is 324 g/mol. The van der Waals surface area contributed by atoms with Crippen molar-refractivity contribution in [3.8, 4) is 5.75 Å². The Kier molecular flexibility index (Phi) is 4.73. The quantitative estimate of drug-likeness (QED) is 0.753. The maximum Gasteiger partial charge on any atom is 0.490 e. The first-order chi connectivity index (χ1) is 10.7. The fourth-order valence-corrected chi connectivity index (χ4v) is 2.00. The van der Waals surface area contributed by atoms with E-state index in [0.717, 1.165) is 13.1 Å². The molecule has 126 valence electrons. The highest BCUT2D eigenvalue weighted by molar-refractivity contribution is 5.98. The van der Waals surface area contributed by atoms with Crippen LogP contribution in [0.25, 0.3) is 0 Å². The lowest BCUT2D eigenvalue weighted by Crippen LogP contribution is -2.61. The van der Waals surface area contributed by atoms with Crippen molar-refractivity contribution in [2.75, 3.05) is 24.6 Å². The summed E-state index contributed by atoms with van der Waals surface area (Å²) in [7, 11) is 0. The van der Waals surface area contributed by atoms with E-state index in [9.17, 15) is 22.4 Å². The average Bonchev–Trinajstić information content (AvgIpc) is 2.39. The van der Waals surface area contributed by atoms with Crippen LogP contribution in [-0.2, 0) is 9.59 Å². The molecule has 0 atom stereocenters. The van der Waals surface area contributed by atoms with Gasteiger partial charge in [-0.1, -0.05) is 0 Å². The number of carboxylic acid groups (broad SMARTS) is 1. The fraction of sp³-hybridized carbons (Fsp3) is 0.385. The summed E-state index contributed by atoms with van der Waals surface area (Å²) in [5.41, 5.74) is 0.671. The summed E-state index contributed by atoms with van der Waals surface area (Å²) in [5, 5.41) is 10.2. The lowest BCUT2D eigenvalue weighted by Gasteiger charge is -2.40. The van der Waals surface area contributed by atoms with E-state index in [0.29, 0.717) is 11.4 Å². The molecule has 1 saturated heterocycles. The Balaban J connectivity index is 0.000000236. The zero-order chi connectivity index (χ0) is 17.2. The summed E-state index contributed by atoms with van der Waals surface area (Å²) >= 11 is 0. The number of halogens is 4. The minimum atomic E-state index is -5.08. The van der Waals surface area contributed by atoms with Gasteiger partial charge in [-0.3, -0.25) is 4.79 Å². The van der Waals surface area contributed by atoms with Crippen molar-refractivity contribution in [3.05, 3.63) is 24.0 Å². The van der Waals surface area contributed by atoms with Crippen molar-refractivity contribution in [2.24, 2.45) is 0 Å². The van der Waals surface area contributed by atoms with Gasteiger partial charge in [0.1, 0.15) is 11.6 Å². The van der Waals surface area contributed by atoms with E-state index in [2.05, 4.69) is 5.32 Å². The summed E-state index contributed by atoms with van der Waals surface area (Å²) in [6.07, 6.45) is -5.08. The number of ether oxygens (including phenoxy) is 1. The topological polar surface area (TPSA) is 78.9 Å². The summed E-state index contributed by atoms with van der Waals surface area (Å²) in [6.45, 7) is 1.55. The van der Waals surface area contributed by atoms with Gasteiger partial charge in [0.25, 0.3) is 5.91 Å². The number of fused-ring (bicyclic) bond motifs is 1. The molecule has 2 heterocycles. The number of carbonyl (C=O) groups is 2. The molecule has 2 N–H and O–H groups in total. The number of alkyl halides is 3. The molecule has 0 saturated carbocycles. The van der Waals surface area contributed by atoms with Gasteiger partial charge in [0.2, 0.25) is 0 Å². The van der Waals surface area contributed by atoms with Crippen molar-refractivity contribution in [3.63, 3.8) is 0 Å². The molecule has 0 bridgehead atoms. The molecule has 1 aromatic rings. The maximum absolute atomic E-state index is 13.0. The van der Waals surface area contributed by atoms with Gasteiger partial charge in [0, 0.05) is 19.2 Å². The van der Waals surface area contributed by atoms with Crippen LogP contribution < -0.4 is 15.0 Å². The molecule has 0 aliphatic carbocycles. The summed E-state index contributed by atoms with van der Waals surface area (Å²) in [5.74, 6) is -2.72. The zero-order valence-electron chi connectivity index (χ0n) is 11.6. The van der Waals surface area contributed by atoms with Crippen LogP contribution in [0.15, 0.2) is 18.2 Å². The predicted molar refractivity (Wildman–Crippen MR) is 69.7 cm³/mol. The molecule has 0 radical (unpaired) electrons. The van der Waals surface area contributed by atoms with Gasteiger partial charge >= 0.3 is 12.1 Å². The molecular formula is C13H12F4N2O4. The number of nitrogens with one attached hydrogen (secondary N) is 1. The monoisotopic (exact) mass is 336 g/mol. The number of carbonyl (C=O) groups excluding carboxylic acids is 1. The number of rotatable bonds is 1. The van der Waals surface area contributed by atoms with Gasteiger partial charge in [-0.05, 0) is 12.1 Å². The van der Waals surface area contributed by atoms with Crippen molar-refractivity contribution >= 4 is 17.6 Å². The van der Waals surface area contributed by atoms with Crippen molar-refractivity contribution < 1.29 is 37.0 Å². The normalized spacial score (nSPS) is 17.4. The molecule has 23 heavy (non-hydrogen) atoms. The molecule has 2 aliphatic heterocycles. The number of hydrogen-bond acceptors (Lipinski definition) is 4. The van der Waals surface area contributed by atoms with Crippen LogP contribution in [0.1, 0.15) is 0 Å². The van der Waals surface area contributed by atoms with Crippen LogP contribution in [0.4, 0.5) is 23.2 Å². The number of aliphatic carboxylic acids is 1. The molecule has 1 aromatic carbocycles. The number of anilines is 1. The van der Waals surface area contributed by atoms with Crippen molar-refractivity contribution in [1.29, 1.82) is 0 Å². The third kappa shape index (κ3) is 3.89. The highest BCUT2D eigenvalue weighted by Gasteiger charge is 2.38. The minimum absolute atomic E-state index is 0.00699. The molecule has 1 amide bonds. The summed E-state index contributed by atoms with van der Waals surface area (Å²) in [4.78, 5) is 22.4. The highest BCUT2D eigenvalue weighted by atomic mass is 19.4. The zero-order valence-corrected chi connectivity index (χ0v) is 11.6. The Morgan fingerprint density at radius 2 is 1.96 bits per heavy atom. The fourth-order valence-electron chi connectivity index (χ4n) is 2.00. The number of carboxylic acids is 1. The van der Waals surface area contributed by atoms with Gasteiger partial charge < -0.3 is 20.1 Å². The van der Waals surface area contributed by atoms with E-state index in [4.69, 9.17) is 14.6 Å². The van der Waals surface area contributed by atoms with Crippen LogP contribution >= 0.6 is 0 Å². The summed E-state index contributed by atoms with van der Waals surface area (Å²) in [6, 6.07) is 4.43. The van der Waals surface area contributed by atoms with E-state index in [1.807, 2.05) is 0 Å². The molecule has 0 aromatic heterocycles. The Labute approximate surface area is 127 Å². The lowest BCUT2D eigenvalue weighted by molar-refractivity contribution is -0.192. The molecule has 3 rings (SSSR count). The number of benzene rings is 1. The molecule has 1 fully saturated rings. The van der Waals surface area contributed by atoms with Crippen molar-refractivity contribution in [1.82, 2.24) is 5.32 Å². The first-order valence-electron chi connectivity index (χ1n) is 6.45. The largest absolute Gasteiger partial charge is 0.490 e. The van der Waals surface area contributed by atoms with E-state index in [1.165, 1.54) is 12.1 Å². The van der Waals surface area contributed by atoms with Crippen LogP contribution in [-0.4, -0.2) is 48.9 Å². The molecule has 0 spiro atoms. The number of hydrogen-bond donors (Lipinski definition) is 2. The third-order valence-corrected chi connectivity index (χ3v) is 3.17. The predicted octanol–water partition coefficient (Wildman–Crippen LogP) is 1.16. The maximum atomic E-state index is 13.0. The van der Waals surface area contributed by atoms with Crippen LogP contribution in [0, 0.1) is 5.82 Å². The van der Waals surface area contributed by atoms with E-state index in [1.54, 1.807) is 11.0 Å². The summed E-state index contributed by atoms with van der Waals surface area (Å²) < 4.78 is 50.0. The number of amides is 1. The van der Waals surface area contributed by atoms with E-state index in [-0.39, 0.29) is 24.4 Å². The standard InChI is InChI=1S/C11H11FN2O2.C2HF3O2/c12-7-1-2-9-10(3-7)16-6-11(15)14(9)8-4-13-5-8;3-2(4,5)1(6)7/h1-3,8,13H,4-6H2;(H,6,7). The Hall–Kier alpha value is -2.36. The second-order valence-electron chi connectivity index (χ2n) is 4.78. The van der Waals surface area contributed by atoms with Gasteiger partial charge in [-0.15, -0.1) is 0 Å². The van der Waals surface area contributed by atoms with E-state index >= 15 is 0 Å². The van der Waals surface area contributed by atoms with Gasteiger partial charge in [0.05, 0.1) is 11.7 Å². The minimum Gasteiger partial charge on any atom is -0.481 e. The van der Waals surface area contributed by atoms with E-state index < -0.39 is 12.1 Å². The van der Waals surface area contributed by atoms with Gasteiger partial charge in [-0.2, -0.15) is 13.2 Å². The molecule has 10 heteroatoms. The smallest absolute Gasteiger partial charge is 0.481 e. The second-order valence-corrected chi connectivity index (χ2v) is 4.78. The Morgan fingerprint density at radius 1 is 1.35 bits per heavy atom. The SMILES string of the molecule is O=C(O)C(F)(F)F.O=C1COc2cc(F)ccc2N1C1CNC1. The highest BCUT2D eigenvalue weighted by Crippen LogP contribution is 2.34. The van der Waals surface area contributed by atoms with Crippen molar-refractivity contribution in [2.45, 2.75) is 12.2 Å². The van der Waals surface area contributed by atoms with Crippen LogP contribution in [0.5, 0.6) is 5.75 Å². The average molecular weight is 336 g/mol. The Morgan fingerprint density at radius 3 is 2.43 bits per heavy atom. The lowest BCUT2D eigenvalue weighted by atomic mass is 10.1. The molecule has 0 unspecified atom stereocenters. The Bertz CT molecular complexity index is 616. The molecule has 2 aliphatic rings. The second kappa shape index (κ2) is 6.41. The molecule has 6 nitrogen and oxygen atoms in total. The first kappa shape index (κ1) is 17.0. The first-order valence-corrected chi connectivity index (χ1v) is 6.45. The van der Waals surface area contributed by atoms with Crippen LogP contribution in [0.3, 0.4) is 0 Å². The van der Waals surface area contributed by atoms with Crippen LogP contribution in [0.2, 0.25) is 0 Å². The van der Waals surface area contributed by atoms with Gasteiger partial charge in [-0.25, -0.2) is 9.18 Å². The third-order valence-electron chi connectivity index (χ3n) is 3.17.